The summed E-state index contributed by atoms with van der Waals surface area (Å²) < 4.78 is 52.6. The molecule has 6 heteroatoms. The summed E-state index contributed by atoms with van der Waals surface area (Å²) >= 11 is 0. The lowest BCUT2D eigenvalue weighted by Crippen LogP contribution is -2.21. The molecule has 0 unspecified atom stereocenters. The molecule has 0 aliphatic heterocycles. The normalized spacial score (nSPS) is 10.8. The van der Waals surface area contributed by atoms with E-state index < -0.39 is 18.3 Å². The van der Waals surface area contributed by atoms with Crippen molar-refractivity contribution in [3.8, 4) is 5.75 Å². The molecule has 0 amide bonds. The number of aldehydes is 1. The topological polar surface area (TPSA) is 26.3 Å². The molecule has 1 aromatic carbocycles. The van der Waals surface area contributed by atoms with Crippen LogP contribution in [0.15, 0.2) is 36.4 Å². The van der Waals surface area contributed by atoms with E-state index in [2.05, 4.69) is 4.74 Å². The first kappa shape index (κ1) is 12.2. The summed E-state index contributed by atoms with van der Waals surface area (Å²) in [6.07, 6.45) is -6.69. The first-order valence-corrected chi connectivity index (χ1v) is 4.09. The van der Waals surface area contributed by atoms with Crippen molar-refractivity contribution >= 4 is 6.29 Å². The summed E-state index contributed by atoms with van der Waals surface area (Å²) in [6.45, 7) is 0. The summed E-state index contributed by atoms with van der Waals surface area (Å²) in [4.78, 5) is 10.3. The lowest BCUT2D eigenvalue weighted by molar-refractivity contribution is -0.133. The monoisotopic (exact) mass is 234 g/mol. The van der Waals surface area contributed by atoms with Crippen molar-refractivity contribution in [2.24, 2.45) is 0 Å². The highest BCUT2D eigenvalue weighted by atomic mass is 19.3. The SMILES string of the molecule is O=Cc1ccc(OC(F)(F)C=C(F)F)cc1. The molecule has 0 saturated carbocycles. The van der Waals surface area contributed by atoms with Crippen LogP contribution in [0.1, 0.15) is 10.4 Å². The predicted molar refractivity (Wildman–Crippen MR) is 47.7 cm³/mol. The standard InChI is InChI=1S/C10H6F4O2/c11-9(12)5-10(13,14)16-8-3-1-7(6-15)2-4-8/h1-6H. The van der Waals surface area contributed by atoms with E-state index in [1.165, 1.54) is 12.1 Å². The zero-order chi connectivity index (χ0) is 12.2. The summed E-state index contributed by atoms with van der Waals surface area (Å²) in [5.74, 6) is -0.312. The molecule has 0 aliphatic rings. The predicted octanol–water partition coefficient (Wildman–Crippen LogP) is 3.25. The zero-order valence-electron chi connectivity index (χ0n) is 7.79. The van der Waals surface area contributed by atoms with E-state index in [4.69, 9.17) is 0 Å². The second-order valence-corrected chi connectivity index (χ2v) is 2.78. The van der Waals surface area contributed by atoms with Gasteiger partial charge in [0, 0.05) is 5.56 Å². The Morgan fingerprint density at radius 2 is 1.75 bits per heavy atom. The van der Waals surface area contributed by atoms with Gasteiger partial charge in [0.05, 0.1) is 6.08 Å². The molecule has 0 bridgehead atoms. The van der Waals surface area contributed by atoms with Crippen LogP contribution in [-0.2, 0) is 0 Å². The van der Waals surface area contributed by atoms with Crippen molar-refractivity contribution in [2.75, 3.05) is 0 Å². The molecule has 1 aromatic rings. The van der Waals surface area contributed by atoms with Crippen molar-refractivity contribution in [2.45, 2.75) is 6.11 Å². The minimum Gasteiger partial charge on any atom is -0.429 e. The number of benzene rings is 1. The number of ether oxygens (including phenoxy) is 1. The van der Waals surface area contributed by atoms with Crippen molar-refractivity contribution < 1.29 is 27.1 Å². The Balaban J connectivity index is 2.80. The van der Waals surface area contributed by atoms with Crippen molar-refractivity contribution in [3.63, 3.8) is 0 Å². The van der Waals surface area contributed by atoms with Gasteiger partial charge in [0.15, 0.2) is 0 Å². The van der Waals surface area contributed by atoms with Crippen LogP contribution in [0.3, 0.4) is 0 Å². The van der Waals surface area contributed by atoms with Crippen LogP contribution in [0.2, 0.25) is 0 Å². The molecule has 86 valence electrons. The van der Waals surface area contributed by atoms with Crippen LogP contribution in [0, 0.1) is 0 Å². The Hall–Kier alpha value is -1.85. The second-order valence-electron chi connectivity index (χ2n) is 2.78. The van der Waals surface area contributed by atoms with Crippen LogP contribution in [0.5, 0.6) is 5.75 Å². The van der Waals surface area contributed by atoms with E-state index in [0.717, 1.165) is 12.1 Å². The van der Waals surface area contributed by atoms with Crippen LogP contribution < -0.4 is 4.74 Å². The Bertz CT molecular complexity index is 394. The summed E-state index contributed by atoms with van der Waals surface area (Å²) in [5, 5.41) is 0. The molecule has 0 saturated heterocycles. The van der Waals surface area contributed by atoms with E-state index >= 15 is 0 Å². The Labute approximate surface area is 88.1 Å². The van der Waals surface area contributed by atoms with E-state index in [-0.39, 0.29) is 11.3 Å². The van der Waals surface area contributed by atoms with Crippen molar-refractivity contribution in [1.29, 1.82) is 0 Å². The lowest BCUT2D eigenvalue weighted by atomic mass is 10.2. The second kappa shape index (κ2) is 4.78. The molecule has 0 spiro atoms. The molecular weight excluding hydrogens is 228 g/mol. The van der Waals surface area contributed by atoms with Crippen molar-refractivity contribution in [3.05, 3.63) is 42.0 Å². The van der Waals surface area contributed by atoms with Gasteiger partial charge in [-0.3, -0.25) is 4.79 Å². The largest absolute Gasteiger partial charge is 0.429 e. The minimum atomic E-state index is -4.08. The molecule has 0 atom stereocenters. The fourth-order valence-electron chi connectivity index (χ4n) is 0.928. The van der Waals surface area contributed by atoms with E-state index in [9.17, 15) is 22.4 Å². The molecular formula is C10H6F4O2. The first-order valence-electron chi connectivity index (χ1n) is 4.09. The maximum Gasteiger partial charge on any atom is 0.425 e. The Morgan fingerprint density at radius 3 is 2.19 bits per heavy atom. The third-order valence-corrected chi connectivity index (χ3v) is 1.55. The van der Waals surface area contributed by atoms with Gasteiger partial charge in [0.25, 0.3) is 6.08 Å². The van der Waals surface area contributed by atoms with E-state index in [1.807, 2.05) is 0 Å². The number of halogens is 4. The summed E-state index contributed by atoms with van der Waals surface area (Å²) in [6, 6.07) is 4.63. The maximum absolute atomic E-state index is 12.7. The van der Waals surface area contributed by atoms with Crippen LogP contribution in [0.4, 0.5) is 17.6 Å². The van der Waals surface area contributed by atoms with Gasteiger partial charge >= 0.3 is 6.11 Å². The number of rotatable bonds is 4. The van der Waals surface area contributed by atoms with E-state index in [1.54, 1.807) is 0 Å². The van der Waals surface area contributed by atoms with Gasteiger partial charge in [-0.05, 0) is 24.3 Å². The quantitative estimate of drug-likeness (QED) is 0.590. The number of hydrogen-bond acceptors (Lipinski definition) is 2. The van der Waals surface area contributed by atoms with Gasteiger partial charge < -0.3 is 4.74 Å². The van der Waals surface area contributed by atoms with Gasteiger partial charge in [-0.1, -0.05) is 0 Å². The fourth-order valence-corrected chi connectivity index (χ4v) is 0.928. The molecule has 0 fully saturated rings. The number of carbonyl (C=O) groups is 1. The summed E-state index contributed by atoms with van der Waals surface area (Å²) in [5.41, 5.74) is 0.267. The Kier molecular flexibility index (Phi) is 3.65. The average Bonchev–Trinajstić information content (AvgIpc) is 2.16. The van der Waals surface area contributed by atoms with Gasteiger partial charge in [-0.25, -0.2) is 0 Å². The highest BCUT2D eigenvalue weighted by Crippen LogP contribution is 2.24. The number of carbonyl (C=O) groups excluding carboxylic acids is 1. The van der Waals surface area contributed by atoms with Crippen LogP contribution in [-0.4, -0.2) is 12.4 Å². The third-order valence-electron chi connectivity index (χ3n) is 1.55. The summed E-state index contributed by atoms with van der Waals surface area (Å²) in [7, 11) is 0. The number of alkyl halides is 2. The third kappa shape index (κ3) is 3.72. The highest BCUT2D eigenvalue weighted by molar-refractivity contribution is 5.74. The molecule has 16 heavy (non-hydrogen) atoms. The average molecular weight is 234 g/mol. The molecule has 1 rings (SSSR count). The van der Waals surface area contributed by atoms with Crippen LogP contribution in [0.25, 0.3) is 0 Å². The van der Waals surface area contributed by atoms with Crippen LogP contribution >= 0.6 is 0 Å². The lowest BCUT2D eigenvalue weighted by Gasteiger charge is -2.13. The fraction of sp³-hybridized carbons (Fsp3) is 0.100. The molecule has 2 nitrogen and oxygen atoms in total. The van der Waals surface area contributed by atoms with Gasteiger partial charge in [0.2, 0.25) is 0 Å². The van der Waals surface area contributed by atoms with Gasteiger partial charge in [-0.2, -0.15) is 17.6 Å². The minimum absolute atomic E-state index is 0.267. The highest BCUT2D eigenvalue weighted by Gasteiger charge is 2.30. The molecule has 0 N–H and O–H groups in total. The Morgan fingerprint density at radius 1 is 1.19 bits per heavy atom. The molecule has 0 aliphatic carbocycles. The molecule has 0 radical (unpaired) electrons. The number of hydrogen-bond donors (Lipinski definition) is 0. The zero-order valence-corrected chi connectivity index (χ0v) is 7.79. The van der Waals surface area contributed by atoms with Gasteiger partial charge in [0.1, 0.15) is 12.0 Å². The molecule has 0 aromatic heterocycles. The van der Waals surface area contributed by atoms with E-state index in [0.29, 0.717) is 6.29 Å². The first-order chi connectivity index (χ1) is 7.43. The maximum atomic E-state index is 12.7. The van der Waals surface area contributed by atoms with Crippen molar-refractivity contribution in [1.82, 2.24) is 0 Å². The smallest absolute Gasteiger partial charge is 0.425 e. The molecule has 0 heterocycles. The van der Waals surface area contributed by atoms with Gasteiger partial charge in [-0.15, -0.1) is 0 Å².